The second-order valence-corrected chi connectivity index (χ2v) is 13.3. The molecule has 5 aromatic rings. The first-order chi connectivity index (χ1) is 21.9. The molecule has 2 aliphatic carbocycles. The Morgan fingerprint density at radius 1 is 0.511 bits per heavy atom. The van der Waals surface area contributed by atoms with E-state index >= 15 is 0 Å². The zero-order valence-corrected chi connectivity index (χ0v) is 25.7. The molecule has 220 valence electrons. The van der Waals surface area contributed by atoms with Crippen molar-refractivity contribution in [1.82, 2.24) is 15.0 Å². The third kappa shape index (κ3) is 5.75. The average Bonchev–Trinajstić information content (AvgIpc) is 3.07. The van der Waals surface area contributed by atoms with E-state index in [1.807, 2.05) is 24.3 Å². The van der Waals surface area contributed by atoms with Crippen LogP contribution in [0.5, 0.6) is 0 Å². The topological polar surface area (TPSA) is 86.2 Å². The van der Waals surface area contributed by atoms with Gasteiger partial charge in [-0.05, 0) is 120 Å². The highest BCUT2D eigenvalue weighted by Crippen LogP contribution is 2.54. The molecule has 5 nitrogen and oxygen atoms in total. The number of hydrogen-bond acceptors (Lipinski definition) is 5. The summed E-state index contributed by atoms with van der Waals surface area (Å²) in [4.78, 5) is 14.4. The fourth-order valence-corrected chi connectivity index (χ4v) is 8.04. The van der Waals surface area contributed by atoms with E-state index < -0.39 is 0 Å². The predicted molar refractivity (Wildman–Crippen MR) is 178 cm³/mol. The van der Waals surface area contributed by atoms with Crippen LogP contribution in [0.1, 0.15) is 62.6 Å². The van der Waals surface area contributed by atoms with E-state index in [-0.39, 0.29) is 0 Å². The minimum atomic E-state index is 0.334. The third-order valence-electron chi connectivity index (χ3n) is 9.78. The molecule has 45 heavy (non-hydrogen) atoms. The van der Waals surface area contributed by atoms with Gasteiger partial charge < -0.3 is 0 Å². The van der Waals surface area contributed by atoms with Crippen molar-refractivity contribution in [2.45, 2.75) is 51.4 Å². The molecule has 0 radical (unpaired) electrons. The van der Waals surface area contributed by atoms with E-state index in [4.69, 9.17) is 15.0 Å². The molecule has 5 heteroatoms. The molecule has 0 aliphatic heterocycles. The van der Waals surface area contributed by atoms with Crippen LogP contribution < -0.4 is 0 Å². The predicted octanol–water partition coefficient (Wildman–Crippen LogP) is 9.39. The van der Waals surface area contributed by atoms with Crippen LogP contribution in [0.2, 0.25) is 0 Å². The number of benzene rings is 4. The SMILES string of the molecule is C[C@@H]1C[C@@H]2C[C@H](C)CC(c3ccc(-c4ccc(-c5nc(-c6ccc(C#N)cc6)nc(-c6ccc(C#N)cc6)n5)cc4)cc3)(C1)C2. The minimum Gasteiger partial charge on any atom is -0.208 e. The average molecular weight is 586 g/mol. The van der Waals surface area contributed by atoms with Crippen LogP contribution >= 0.6 is 0 Å². The molecule has 0 amide bonds. The zero-order chi connectivity index (χ0) is 31.0. The fourth-order valence-electron chi connectivity index (χ4n) is 8.04. The lowest BCUT2D eigenvalue weighted by atomic mass is 9.54. The lowest BCUT2D eigenvalue weighted by molar-refractivity contribution is 0.0780. The summed E-state index contributed by atoms with van der Waals surface area (Å²) in [6.07, 6.45) is 6.74. The van der Waals surface area contributed by atoms with E-state index in [1.165, 1.54) is 43.2 Å². The summed E-state index contributed by atoms with van der Waals surface area (Å²) in [5.74, 6) is 4.09. The van der Waals surface area contributed by atoms with Gasteiger partial charge in [-0.25, -0.2) is 15.0 Å². The smallest absolute Gasteiger partial charge is 0.164 e. The lowest BCUT2D eigenvalue weighted by Crippen LogP contribution is -2.42. The van der Waals surface area contributed by atoms with Crippen LogP contribution in [0.15, 0.2) is 97.1 Å². The van der Waals surface area contributed by atoms with Gasteiger partial charge in [-0.3, -0.25) is 0 Å². The molecule has 2 saturated carbocycles. The van der Waals surface area contributed by atoms with Gasteiger partial charge in [0.05, 0.1) is 23.3 Å². The highest BCUT2D eigenvalue weighted by Gasteiger charge is 2.45. The van der Waals surface area contributed by atoms with Gasteiger partial charge in [0, 0.05) is 16.7 Å². The number of nitriles is 2. The van der Waals surface area contributed by atoms with Crippen molar-refractivity contribution in [1.29, 1.82) is 10.5 Å². The van der Waals surface area contributed by atoms with Crippen LogP contribution in [0.3, 0.4) is 0 Å². The van der Waals surface area contributed by atoms with Gasteiger partial charge in [0.1, 0.15) is 0 Å². The third-order valence-corrected chi connectivity index (χ3v) is 9.78. The molecule has 0 spiro atoms. The molecule has 2 bridgehead atoms. The molecular weight excluding hydrogens is 550 g/mol. The van der Waals surface area contributed by atoms with E-state index in [2.05, 4.69) is 74.5 Å². The minimum absolute atomic E-state index is 0.334. The van der Waals surface area contributed by atoms with Crippen molar-refractivity contribution in [3.8, 4) is 57.4 Å². The normalized spacial score (nSPS) is 22.3. The fraction of sp³-hybridized carbons (Fsp3) is 0.275. The molecule has 0 saturated heterocycles. The van der Waals surface area contributed by atoms with Crippen molar-refractivity contribution in [3.05, 3.63) is 114 Å². The van der Waals surface area contributed by atoms with Crippen molar-refractivity contribution >= 4 is 0 Å². The van der Waals surface area contributed by atoms with Crippen molar-refractivity contribution in [2.75, 3.05) is 0 Å². The standard InChI is InChI=1S/C40H35N5/c1-26-19-30-20-27(2)22-40(21-26,23-30)36-17-15-32(16-18-36)31-11-13-35(14-12-31)39-44-37(33-7-3-28(24-41)4-8-33)43-38(45-39)34-9-5-29(25-42)6-10-34/h3-18,26-27,30H,19-23H2,1-2H3/t26-,27+,30-,40?. The number of hydrogen-bond donors (Lipinski definition) is 0. The first kappa shape index (κ1) is 28.6. The first-order valence-electron chi connectivity index (χ1n) is 15.9. The number of fused-ring (bicyclic) bond motifs is 2. The van der Waals surface area contributed by atoms with Gasteiger partial charge in [-0.1, -0.05) is 62.4 Å². The molecule has 4 aromatic carbocycles. The molecular formula is C40H35N5. The molecule has 0 N–H and O–H groups in total. The Morgan fingerprint density at radius 2 is 0.867 bits per heavy atom. The highest BCUT2D eigenvalue weighted by molar-refractivity contribution is 5.71. The van der Waals surface area contributed by atoms with Crippen LogP contribution in [-0.2, 0) is 5.41 Å². The Balaban J connectivity index is 1.20. The lowest BCUT2D eigenvalue weighted by Gasteiger charge is -2.50. The molecule has 1 heterocycles. The summed E-state index contributed by atoms with van der Waals surface area (Å²) in [6.45, 7) is 4.89. The van der Waals surface area contributed by atoms with Crippen LogP contribution in [0.4, 0.5) is 0 Å². The van der Waals surface area contributed by atoms with Gasteiger partial charge in [0.2, 0.25) is 0 Å². The van der Waals surface area contributed by atoms with E-state index in [0.29, 0.717) is 34.0 Å². The summed E-state index contributed by atoms with van der Waals surface area (Å²) in [7, 11) is 0. The van der Waals surface area contributed by atoms with E-state index in [9.17, 15) is 10.5 Å². The zero-order valence-electron chi connectivity index (χ0n) is 25.7. The van der Waals surface area contributed by atoms with Gasteiger partial charge in [0.25, 0.3) is 0 Å². The summed E-state index contributed by atoms with van der Waals surface area (Å²) in [6, 6.07) is 36.6. The monoisotopic (exact) mass is 585 g/mol. The summed E-state index contributed by atoms with van der Waals surface area (Å²) in [5, 5.41) is 18.5. The number of rotatable bonds is 5. The van der Waals surface area contributed by atoms with Crippen molar-refractivity contribution in [2.24, 2.45) is 17.8 Å². The summed E-state index contributed by atoms with van der Waals surface area (Å²) in [5.41, 5.74) is 7.86. The Morgan fingerprint density at radius 3 is 1.27 bits per heavy atom. The maximum atomic E-state index is 9.24. The summed E-state index contributed by atoms with van der Waals surface area (Å²) < 4.78 is 0. The highest BCUT2D eigenvalue weighted by atomic mass is 15.0. The molecule has 2 fully saturated rings. The molecule has 7 rings (SSSR count). The maximum Gasteiger partial charge on any atom is 0.164 e. The molecule has 4 atom stereocenters. The second kappa shape index (κ2) is 11.8. The van der Waals surface area contributed by atoms with Crippen LogP contribution in [-0.4, -0.2) is 15.0 Å². The first-order valence-corrected chi connectivity index (χ1v) is 15.9. The Hall–Kier alpha value is -5.13. The Labute approximate surface area is 265 Å². The van der Waals surface area contributed by atoms with Crippen molar-refractivity contribution in [3.63, 3.8) is 0 Å². The largest absolute Gasteiger partial charge is 0.208 e. The molecule has 1 unspecified atom stereocenters. The molecule has 2 aliphatic rings. The molecule has 1 aromatic heterocycles. The van der Waals surface area contributed by atoms with E-state index in [1.54, 1.807) is 24.3 Å². The van der Waals surface area contributed by atoms with Gasteiger partial charge in [-0.2, -0.15) is 10.5 Å². The van der Waals surface area contributed by atoms with Crippen LogP contribution in [0.25, 0.3) is 45.3 Å². The van der Waals surface area contributed by atoms with Gasteiger partial charge in [-0.15, -0.1) is 0 Å². The number of nitrogens with zero attached hydrogens (tertiary/aromatic N) is 5. The van der Waals surface area contributed by atoms with E-state index in [0.717, 1.165) is 40.0 Å². The van der Waals surface area contributed by atoms with Gasteiger partial charge >= 0.3 is 0 Å². The second-order valence-electron chi connectivity index (χ2n) is 13.3. The summed E-state index contributed by atoms with van der Waals surface area (Å²) >= 11 is 0. The van der Waals surface area contributed by atoms with Crippen LogP contribution in [0, 0.1) is 40.4 Å². The Bertz CT molecular complexity index is 1820. The Kier molecular flexibility index (Phi) is 7.48. The maximum absolute atomic E-state index is 9.24. The quantitative estimate of drug-likeness (QED) is 0.205. The van der Waals surface area contributed by atoms with Crippen molar-refractivity contribution < 1.29 is 0 Å². The number of aromatic nitrogens is 3. The van der Waals surface area contributed by atoms with Gasteiger partial charge in [0.15, 0.2) is 17.5 Å².